The van der Waals surface area contributed by atoms with Crippen molar-refractivity contribution in [3.8, 4) is 16.3 Å². The third-order valence-electron chi connectivity index (χ3n) is 5.12. The highest BCUT2D eigenvalue weighted by Crippen LogP contribution is 2.32. The SMILES string of the molecule is Cc1cc(C(=O)Nc2ccccc2)n(Cc2csc(-c3ccc4c(c3)CCO4)n2)c1. The Balaban J connectivity index is 1.36. The van der Waals surface area contributed by atoms with Crippen LogP contribution >= 0.6 is 11.3 Å². The summed E-state index contributed by atoms with van der Waals surface area (Å²) in [4.78, 5) is 17.6. The number of amides is 1. The molecule has 2 aromatic carbocycles. The number of fused-ring (bicyclic) bond motifs is 1. The van der Waals surface area contributed by atoms with Crippen molar-refractivity contribution in [2.24, 2.45) is 0 Å². The average molecular weight is 416 g/mol. The van der Waals surface area contributed by atoms with Gasteiger partial charge in [-0.3, -0.25) is 4.79 Å². The fourth-order valence-corrected chi connectivity index (χ4v) is 4.51. The van der Waals surface area contributed by atoms with Crippen molar-refractivity contribution >= 4 is 22.9 Å². The third kappa shape index (κ3) is 3.74. The van der Waals surface area contributed by atoms with E-state index in [-0.39, 0.29) is 5.91 Å². The second kappa shape index (κ2) is 7.80. The fourth-order valence-electron chi connectivity index (χ4n) is 3.70. The van der Waals surface area contributed by atoms with Gasteiger partial charge in [0.2, 0.25) is 0 Å². The van der Waals surface area contributed by atoms with Gasteiger partial charge in [-0.05, 0) is 54.4 Å². The number of rotatable bonds is 5. The summed E-state index contributed by atoms with van der Waals surface area (Å²) in [6, 6.07) is 17.7. The maximum absolute atomic E-state index is 12.8. The van der Waals surface area contributed by atoms with E-state index in [9.17, 15) is 4.79 Å². The number of carbonyl (C=O) groups excluding carboxylic acids is 1. The van der Waals surface area contributed by atoms with Crippen LogP contribution in [0.5, 0.6) is 5.75 Å². The highest BCUT2D eigenvalue weighted by molar-refractivity contribution is 7.13. The number of hydrogen-bond donors (Lipinski definition) is 1. The maximum atomic E-state index is 12.8. The van der Waals surface area contributed by atoms with Gasteiger partial charge in [-0.25, -0.2) is 4.98 Å². The molecule has 0 unspecified atom stereocenters. The van der Waals surface area contributed by atoms with Gasteiger partial charge in [0.15, 0.2) is 0 Å². The van der Waals surface area contributed by atoms with Gasteiger partial charge in [0.1, 0.15) is 16.5 Å². The molecule has 0 radical (unpaired) electrons. The van der Waals surface area contributed by atoms with E-state index in [1.165, 1.54) is 5.56 Å². The Morgan fingerprint density at radius 1 is 1.20 bits per heavy atom. The lowest BCUT2D eigenvalue weighted by Crippen LogP contribution is -2.17. The van der Waals surface area contributed by atoms with Crippen LogP contribution in [0.25, 0.3) is 10.6 Å². The van der Waals surface area contributed by atoms with E-state index in [2.05, 4.69) is 22.8 Å². The number of para-hydroxylation sites is 1. The zero-order chi connectivity index (χ0) is 20.5. The van der Waals surface area contributed by atoms with Crippen molar-refractivity contribution in [1.82, 2.24) is 9.55 Å². The van der Waals surface area contributed by atoms with Gasteiger partial charge in [-0.2, -0.15) is 0 Å². The molecule has 4 aromatic rings. The van der Waals surface area contributed by atoms with Gasteiger partial charge in [0.05, 0.1) is 18.8 Å². The highest BCUT2D eigenvalue weighted by atomic mass is 32.1. The molecule has 30 heavy (non-hydrogen) atoms. The monoisotopic (exact) mass is 415 g/mol. The standard InChI is InChI=1S/C24H21N3O2S/c1-16-11-21(23(28)25-19-5-3-2-4-6-19)27(13-16)14-20-15-30-24(26-20)18-7-8-22-17(12-18)9-10-29-22/h2-8,11-13,15H,9-10,14H2,1H3,(H,25,28). The summed E-state index contributed by atoms with van der Waals surface area (Å²) in [5, 5.41) is 6.01. The first-order chi connectivity index (χ1) is 14.7. The second-order valence-corrected chi connectivity index (χ2v) is 8.27. The first-order valence-corrected chi connectivity index (χ1v) is 10.8. The Bertz CT molecular complexity index is 1210. The second-order valence-electron chi connectivity index (χ2n) is 7.42. The molecule has 0 saturated carbocycles. The number of nitrogens with zero attached hydrogens (tertiary/aromatic N) is 2. The normalized spacial score (nSPS) is 12.4. The predicted molar refractivity (Wildman–Crippen MR) is 119 cm³/mol. The molecular formula is C24H21N3O2S. The minimum Gasteiger partial charge on any atom is -0.493 e. The summed E-state index contributed by atoms with van der Waals surface area (Å²) in [6.45, 7) is 3.30. The van der Waals surface area contributed by atoms with Crippen molar-refractivity contribution in [2.75, 3.05) is 11.9 Å². The zero-order valence-electron chi connectivity index (χ0n) is 16.6. The summed E-state index contributed by atoms with van der Waals surface area (Å²) < 4.78 is 7.56. The van der Waals surface area contributed by atoms with Crippen LogP contribution in [-0.2, 0) is 13.0 Å². The molecule has 2 aromatic heterocycles. The van der Waals surface area contributed by atoms with Crippen molar-refractivity contribution < 1.29 is 9.53 Å². The first-order valence-electron chi connectivity index (χ1n) is 9.89. The number of aryl methyl sites for hydroxylation is 1. The van der Waals surface area contributed by atoms with E-state index >= 15 is 0 Å². The van der Waals surface area contributed by atoms with Crippen LogP contribution in [0.2, 0.25) is 0 Å². The number of benzene rings is 2. The number of carbonyl (C=O) groups is 1. The van der Waals surface area contributed by atoms with Gasteiger partial charge < -0.3 is 14.6 Å². The van der Waals surface area contributed by atoms with Gasteiger partial charge >= 0.3 is 0 Å². The Hall–Kier alpha value is -3.38. The number of nitrogens with one attached hydrogen (secondary N) is 1. The Morgan fingerprint density at radius 3 is 2.93 bits per heavy atom. The minimum absolute atomic E-state index is 0.122. The van der Waals surface area contributed by atoms with Crippen LogP contribution in [0.15, 0.2) is 66.2 Å². The number of aromatic nitrogens is 2. The summed E-state index contributed by atoms with van der Waals surface area (Å²) in [7, 11) is 0. The van der Waals surface area contributed by atoms with Crippen LogP contribution in [0.4, 0.5) is 5.69 Å². The fraction of sp³-hybridized carbons (Fsp3) is 0.167. The number of hydrogen-bond acceptors (Lipinski definition) is 4. The molecule has 0 fully saturated rings. The molecule has 0 saturated heterocycles. The van der Waals surface area contributed by atoms with Crippen LogP contribution in [-0.4, -0.2) is 22.1 Å². The van der Waals surface area contributed by atoms with E-state index in [1.807, 2.05) is 60.2 Å². The van der Waals surface area contributed by atoms with Crippen molar-refractivity contribution in [3.63, 3.8) is 0 Å². The predicted octanol–water partition coefficient (Wildman–Crippen LogP) is 5.16. The van der Waals surface area contributed by atoms with Gasteiger partial charge in [0.25, 0.3) is 5.91 Å². The molecular weight excluding hydrogens is 394 g/mol. The van der Waals surface area contributed by atoms with E-state index in [1.54, 1.807) is 11.3 Å². The van der Waals surface area contributed by atoms with E-state index in [0.717, 1.165) is 46.3 Å². The van der Waals surface area contributed by atoms with Gasteiger partial charge in [-0.1, -0.05) is 18.2 Å². The molecule has 1 aliphatic heterocycles. The molecule has 5 nitrogen and oxygen atoms in total. The average Bonchev–Trinajstić information content (AvgIpc) is 3.48. The van der Waals surface area contributed by atoms with Crippen LogP contribution in [0.3, 0.4) is 0 Å². The molecule has 150 valence electrons. The minimum atomic E-state index is -0.122. The molecule has 5 rings (SSSR count). The lowest BCUT2D eigenvalue weighted by atomic mass is 10.1. The molecule has 0 spiro atoms. The largest absolute Gasteiger partial charge is 0.493 e. The molecule has 1 amide bonds. The van der Waals surface area contributed by atoms with Gasteiger partial charge in [-0.15, -0.1) is 11.3 Å². The molecule has 1 aliphatic rings. The van der Waals surface area contributed by atoms with Gasteiger partial charge in [0, 0.05) is 29.2 Å². The first kappa shape index (κ1) is 18.6. The van der Waals surface area contributed by atoms with Crippen LogP contribution in [0.1, 0.15) is 27.3 Å². The summed E-state index contributed by atoms with van der Waals surface area (Å²) in [5.74, 6) is 0.857. The Morgan fingerprint density at radius 2 is 2.07 bits per heavy atom. The molecule has 0 aliphatic carbocycles. The number of thiazole rings is 1. The lowest BCUT2D eigenvalue weighted by Gasteiger charge is -2.08. The number of ether oxygens (including phenoxy) is 1. The van der Waals surface area contributed by atoms with Crippen molar-refractivity contribution in [3.05, 3.63) is 88.7 Å². The molecule has 0 atom stereocenters. The van der Waals surface area contributed by atoms with Crippen LogP contribution in [0, 0.1) is 6.92 Å². The highest BCUT2D eigenvalue weighted by Gasteiger charge is 2.16. The van der Waals surface area contributed by atoms with E-state index < -0.39 is 0 Å². The Labute approximate surface area is 179 Å². The third-order valence-corrected chi connectivity index (χ3v) is 6.06. The van der Waals surface area contributed by atoms with Crippen LogP contribution < -0.4 is 10.1 Å². The smallest absolute Gasteiger partial charge is 0.272 e. The quantitative estimate of drug-likeness (QED) is 0.490. The zero-order valence-corrected chi connectivity index (χ0v) is 17.4. The van der Waals surface area contributed by atoms with E-state index in [0.29, 0.717) is 12.2 Å². The Kier molecular flexibility index (Phi) is 4.85. The number of anilines is 1. The topological polar surface area (TPSA) is 56.2 Å². The summed E-state index contributed by atoms with van der Waals surface area (Å²) >= 11 is 1.63. The summed E-state index contributed by atoms with van der Waals surface area (Å²) in [6.07, 6.45) is 2.94. The molecule has 3 heterocycles. The summed E-state index contributed by atoms with van der Waals surface area (Å²) in [5.41, 5.74) is 5.75. The molecule has 6 heteroatoms. The van der Waals surface area contributed by atoms with Crippen molar-refractivity contribution in [2.45, 2.75) is 19.9 Å². The molecule has 1 N–H and O–H groups in total. The lowest BCUT2D eigenvalue weighted by molar-refractivity contribution is 0.101. The molecule has 0 bridgehead atoms. The van der Waals surface area contributed by atoms with E-state index in [4.69, 9.17) is 9.72 Å². The maximum Gasteiger partial charge on any atom is 0.272 e. The van der Waals surface area contributed by atoms with Crippen molar-refractivity contribution in [1.29, 1.82) is 0 Å².